The van der Waals surface area contributed by atoms with Crippen molar-refractivity contribution in [3.05, 3.63) is 0 Å². The molecule has 2 aliphatic rings. The van der Waals surface area contributed by atoms with Gasteiger partial charge in [-0.1, -0.05) is 0 Å². The van der Waals surface area contributed by atoms with Crippen LogP contribution < -0.4 is 0 Å². The fraction of sp³-hybridized carbons (Fsp3) is 0.857. The maximum Gasteiger partial charge on any atom is 0.426 e. The number of ether oxygens (including phenoxy) is 2. The molecule has 0 aliphatic carbocycles. The molecule has 0 radical (unpaired) electrons. The van der Waals surface area contributed by atoms with Crippen LogP contribution in [-0.2, 0) is 9.47 Å². The van der Waals surface area contributed by atoms with Crippen LogP contribution in [0.4, 0.5) is 9.59 Å². The van der Waals surface area contributed by atoms with E-state index >= 15 is 0 Å². The van der Waals surface area contributed by atoms with E-state index in [4.69, 9.17) is 9.47 Å². The van der Waals surface area contributed by atoms with Gasteiger partial charge in [-0.3, -0.25) is 0 Å². The maximum atomic E-state index is 12.1. The average Bonchev–Trinajstić information content (AvgIpc) is 3.29. The molecule has 0 spiro atoms. The molecule has 2 heterocycles. The Bertz CT molecular complexity index is 403. The monoisotopic (exact) mass is 314 g/mol. The van der Waals surface area contributed by atoms with Crippen LogP contribution in [0.5, 0.6) is 0 Å². The van der Waals surface area contributed by atoms with Gasteiger partial charge < -0.3 is 9.47 Å². The van der Waals surface area contributed by atoms with Crippen LogP contribution in [0.1, 0.15) is 41.5 Å². The Morgan fingerprint density at radius 3 is 1.36 bits per heavy atom. The lowest BCUT2D eigenvalue weighted by atomic mass is 10.3. The second kappa shape index (κ2) is 6.29. The largest absolute Gasteiger partial charge is 0.449 e. The highest BCUT2D eigenvalue weighted by molar-refractivity contribution is 5.73. The van der Waals surface area contributed by atoms with E-state index in [1.54, 1.807) is 23.9 Å². The molecule has 2 rings (SSSR count). The highest BCUT2D eigenvalue weighted by Gasteiger charge is 2.68. The van der Waals surface area contributed by atoms with E-state index in [2.05, 4.69) is 0 Å². The molecule has 2 fully saturated rings. The van der Waals surface area contributed by atoms with E-state index in [-0.39, 0.29) is 36.6 Å². The Kier molecular flexibility index (Phi) is 4.81. The molecule has 126 valence electrons. The normalized spacial score (nSPS) is 29.8. The van der Waals surface area contributed by atoms with Crippen molar-refractivity contribution in [1.29, 1.82) is 0 Å². The summed E-state index contributed by atoms with van der Waals surface area (Å²) in [5, 5.41) is 7.01. The molecule has 2 saturated heterocycles. The first kappa shape index (κ1) is 16.8. The van der Waals surface area contributed by atoms with Gasteiger partial charge in [-0.05, 0) is 41.5 Å². The summed E-state index contributed by atoms with van der Waals surface area (Å²) in [6, 6.07) is 0.293. The third kappa shape index (κ3) is 2.85. The molecule has 0 saturated carbocycles. The Labute approximate surface area is 131 Å². The lowest BCUT2D eigenvalue weighted by Gasteiger charge is -2.06. The molecule has 0 aromatic rings. The average molecular weight is 314 g/mol. The van der Waals surface area contributed by atoms with Crippen molar-refractivity contribution < 1.29 is 19.1 Å². The second-order valence-corrected chi connectivity index (χ2v) is 5.86. The zero-order chi connectivity index (χ0) is 16.6. The standard InChI is InChI=1S/C14H26N4O4/c1-7-21-13(19)17-11(15(17)9(3)4)12-16(10(5)6)18(12)14(20)22-8-2/h9-12H,7-8H2,1-6H3. The minimum Gasteiger partial charge on any atom is -0.449 e. The smallest absolute Gasteiger partial charge is 0.426 e. The summed E-state index contributed by atoms with van der Waals surface area (Å²) in [4.78, 5) is 24.1. The predicted octanol–water partition coefficient (Wildman–Crippen LogP) is 1.83. The van der Waals surface area contributed by atoms with E-state index in [9.17, 15) is 9.59 Å². The van der Waals surface area contributed by atoms with Crippen molar-refractivity contribution in [2.24, 2.45) is 0 Å². The number of hydrogen-bond donors (Lipinski definition) is 0. The van der Waals surface area contributed by atoms with E-state index < -0.39 is 0 Å². The van der Waals surface area contributed by atoms with Gasteiger partial charge in [-0.25, -0.2) is 19.6 Å². The molecule has 0 N–H and O–H groups in total. The zero-order valence-corrected chi connectivity index (χ0v) is 14.1. The second-order valence-electron chi connectivity index (χ2n) is 5.86. The lowest BCUT2D eigenvalue weighted by molar-refractivity contribution is 0.112. The Morgan fingerprint density at radius 1 is 0.818 bits per heavy atom. The molecular weight excluding hydrogens is 288 g/mol. The Morgan fingerprint density at radius 2 is 1.14 bits per heavy atom. The zero-order valence-electron chi connectivity index (χ0n) is 14.1. The molecule has 8 heteroatoms. The summed E-state index contributed by atoms with van der Waals surface area (Å²) >= 11 is 0. The van der Waals surface area contributed by atoms with Crippen molar-refractivity contribution in [3.63, 3.8) is 0 Å². The quantitative estimate of drug-likeness (QED) is 0.721. The van der Waals surface area contributed by atoms with E-state index in [1.165, 1.54) is 0 Å². The summed E-state index contributed by atoms with van der Waals surface area (Å²) < 4.78 is 10.2. The molecule has 4 atom stereocenters. The number of hydrogen-bond acceptors (Lipinski definition) is 6. The molecule has 8 nitrogen and oxygen atoms in total. The molecule has 2 aliphatic heterocycles. The van der Waals surface area contributed by atoms with Crippen LogP contribution in [0.2, 0.25) is 0 Å². The Balaban J connectivity index is 2.11. The minimum absolute atomic E-state index is 0.146. The molecular formula is C14H26N4O4. The first-order valence-corrected chi connectivity index (χ1v) is 7.85. The number of amides is 2. The lowest BCUT2D eigenvalue weighted by Crippen LogP contribution is -2.22. The van der Waals surface area contributed by atoms with Gasteiger partial charge in [0.1, 0.15) is 0 Å². The first-order chi connectivity index (χ1) is 10.4. The summed E-state index contributed by atoms with van der Waals surface area (Å²) in [6.07, 6.45) is -1.13. The first-order valence-electron chi connectivity index (χ1n) is 7.85. The van der Waals surface area contributed by atoms with Crippen LogP contribution in [0.25, 0.3) is 0 Å². The Hall–Kier alpha value is -1.54. The van der Waals surface area contributed by atoms with Crippen molar-refractivity contribution in [2.75, 3.05) is 13.2 Å². The van der Waals surface area contributed by atoms with Crippen molar-refractivity contribution in [1.82, 2.24) is 20.0 Å². The van der Waals surface area contributed by atoms with E-state index in [0.29, 0.717) is 13.2 Å². The summed E-state index contributed by atoms with van der Waals surface area (Å²) in [6.45, 7) is 12.2. The highest BCUT2D eigenvalue weighted by Crippen LogP contribution is 2.45. The number of nitrogens with zero attached hydrogens (tertiary/aromatic N) is 4. The summed E-state index contributed by atoms with van der Waals surface area (Å²) in [5.74, 6) is 0. The van der Waals surface area contributed by atoms with Gasteiger partial charge in [0.25, 0.3) is 0 Å². The highest BCUT2D eigenvalue weighted by atomic mass is 16.6. The fourth-order valence-corrected chi connectivity index (χ4v) is 2.82. The number of hydrazine groups is 2. The van der Waals surface area contributed by atoms with Crippen LogP contribution in [0.15, 0.2) is 0 Å². The number of rotatable bonds is 5. The van der Waals surface area contributed by atoms with Gasteiger partial charge in [0.05, 0.1) is 13.2 Å². The van der Waals surface area contributed by atoms with Gasteiger partial charge >= 0.3 is 12.2 Å². The molecule has 0 aromatic heterocycles. The topological polar surface area (TPSA) is 64.6 Å². The van der Waals surface area contributed by atoms with Crippen molar-refractivity contribution in [2.45, 2.75) is 66.0 Å². The molecule has 2 amide bonds. The van der Waals surface area contributed by atoms with Gasteiger partial charge in [0.15, 0.2) is 12.3 Å². The summed E-state index contributed by atoms with van der Waals surface area (Å²) in [7, 11) is 0. The maximum absolute atomic E-state index is 12.1. The van der Waals surface area contributed by atoms with Crippen molar-refractivity contribution >= 4 is 12.2 Å². The molecule has 4 unspecified atom stereocenters. The van der Waals surface area contributed by atoms with E-state index in [0.717, 1.165) is 0 Å². The minimum atomic E-state index is -0.374. The van der Waals surface area contributed by atoms with Crippen LogP contribution in [-0.4, -0.2) is 69.9 Å². The van der Waals surface area contributed by atoms with Gasteiger partial charge in [0.2, 0.25) is 0 Å². The van der Waals surface area contributed by atoms with Gasteiger partial charge in [-0.2, -0.15) is 10.0 Å². The number of carbonyl (C=O) groups excluding carboxylic acids is 2. The molecule has 0 bridgehead atoms. The van der Waals surface area contributed by atoms with Crippen LogP contribution in [0.3, 0.4) is 0 Å². The SMILES string of the molecule is CCOC(=O)N1C(C2N(C(=O)OCC)N2C(C)C)N1C(C)C. The fourth-order valence-electron chi connectivity index (χ4n) is 2.82. The third-order valence-corrected chi connectivity index (χ3v) is 3.67. The molecule has 0 aromatic carbocycles. The number of carbonyl (C=O) groups is 2. The van der Waals surface area contributed by atoms with Gasteiger partial charge in [0, 0.05) is 12.1 Å². The molecule has 22 heavy (non-hydrogen) atoms. The van der Waals surface area contributed by atoms with Crippen molar-refractivity contribution in [3.8, 4) is 0 Å². The summed E-state index contributed by atoms with van der Waals surface area (Å²) in [5.41, 5.74) is 0. The van der Waals surface area contributed by atoms with Crippen LogP contribution in [0, 0.1) is 0 Å². The third-order valence-electron chi connectivity index (χ3n) is 3.67. The van der Waals surface area contributed by atoms with E-state index in [1.807, 2.05) is 37.7 Å². The van der Waals surface area contributed by atoms with Gasteiger partial charge in [-0.15, -0.1) is 0 Å². The predicted molar refractivity (Wildman–Crippen MR) is 79.2 cm³/mol. The van der Waals surface area contributed by atoms with Crippen LogP contribution >= 0.6 is 0 Å².